The third kappa shape index (κ3) is 3.50. The van der Waals surface area contributed by atoms with E-state index in [2.05, 4.69) is 10.6 Å². The first kappa shape index (κ1) is 16.2. The number of nitrogens with one attached hydrogen (secondary N) is 2. The summed E-state index contributed by atoms with van der Waals surface area (Å²) >= 11 is 0. The Morgan fingerprint density at radius 2 is 2.39 bits per heavy atom. The fraction of sp³-hybridized carbons (Fsp3) is 0.611. The van der Waals surface area contributed by atoms with E-state index >= 15 is 0 Å². The maximum Gasteiger partial charge on any atom is 0.228 e. The van der Waals surface area contributed by atoms with E-state index in [1.807, 2.05) is 6.92 Å². The van der Waals surface area contributed by atoms with Gasteiger partial charge in [0.05, 0.1) is 11.5 Å². The van der Waals surface area contributed by atoms with E-state index in [0.29, 0.717) is 18.3 Å². The molecule has 0 aromatic heterocycles. The molecular formula is C18H25FN2O2. The van der Waals surface area contributed by atoms with Crippen LogP contribution in [0.15, 0.2) is 24.3 Å². The highest BCUT2D eigenvalue weighted by molar-refractivity contribution is 5.84. The molecule has 1 saturated heterocycles. The summed E-state index contributed by atoms with van der Waals surface area (Å²) in [5, 5.41) is 6.49. The summed E-state index contributed by atoms with van der Waals surface area (Å²) in [6, 6.07) is 5.96. The van der Waals surface area contributed by atoms with Gasteiger partial charge in [0.25, 0.3) is 0 Å². The molecule has 1 aromatic carbocycles. The second-order valence-corrected chi connectivity index (χ2v) is 6.87. The van der Waals surface area contributed by atoms with Gasteiger partial charge in [-0.05, 0) is 44.4 Å². The van der Waals surface area contributed by atoms with Crippen molar-refractivity contribution in [3.8, 4) is 5.75 Å². The summed E-state index contributed by atoms with van der Waals surface area (Å²) in [4.78, 5) is 12.8. The molecule has 0 radical (unpaired) electrons. The lowest BCUT2D eigenvalue weighted by atomic mass is 9.67. The molecule has 2 aliphatic rings. The number of ether oxygens (including phenoxy) is 1. The number of halogens is 1. The van der Waals surface area contributed by atoms with E-state index < -0.39 is 0 Å². The smallest absolute Gasteiger partial charge is 0.228 e. The average molecular weight is 320 g/mol. The molecule has 1 unspecified atom stereocenters. The molecular weight excluding hydrogens is 295 g/mol. The minimum Gasteiger partial charge on any atom is -0.491 e. The lowest BCUT2D eigenvalue weighted by molar-refractivity contribution is -0.134. The van der Waals surface area contributed by atoms with Gasteiger partial charge in [0, 0.05) is 12.6 Å². The topological polar surface area (TPSA) is 50.4 Å². The molecule has 3 atom stereocenters. The van der Waals surface area contributed by atoms with Crippen LogP contribution in [0, 0.1) is 17.2 Å². The number of carbonyl (C=O) groups is 1. The summed E-state index contributed by atoms with van der Waals surface area (Å²) in [6.45, 7) is 3.99. The molecule has 4 nitrogen and oxygen atoms in total. The van der Waals surface area contributed by atoms with Crippen LogP contribution in [0.5, 0.6) is 5.75 Å². The van der Waals surface area contributed by atoms with Crippen molar-refractivity contribution in [2.45, 2.75) is 38.6 Å². The molecule has 1 aliphatic heterocycles. The molecule has 5 heteroatoms. The van der Waals surface area contributed by atoms with Gasteiger partial charge in [-0.25, -0.2) is 4.39 Å². The molecule has 1 heterocycles. The minimum atomic E-state index is -0.319. The van der Waals surface area contributed by atoms with Crippen molar-refractivity contribution >= 4 is 5.91 Å². The Labute approximate surface area is 136 Å². The number of benzene rings is 1. The average Bonchev–Trinajstić information content (AvgIpc) is 2.98. The minimum absolute atomic E-state index is 0.108. The molecule has 2 fully saturated rings. The Balaban J connectivity index is 1.55. The summed E-state index contributed by atoms with van der Waals surface area (Å²) in [7, 11) is 0. The zero-order valence-corrected chi connectivity index (χ0v) is 13.6. The van der Waals surface area contributed by atoms with Gasteiger partial charge in [-0.3, -0.25) is 4.79 Å². The molecule has 1 amide bonds. The van der Waals surface area contributed by atoms with Gasteiger partial charge in [-0.2, -0.15) is 0 Å². The normalized spacial score (nSPS) is 28.0. The number of carbonyl (C=O) groups excluding carboxylic acids is 1. The predicted octanol–water partition coefficient (Wildman–Crippen LogP) is 2.49. The van der Waals surface area contributed by atoms with E-state index in [-0.39, 0.29) is 23.2 Å². The molecule has 0 bridgehead atoms. The maximum absolute atomic E-state index is 13.1. The molecule has 1 saturated carbocycles. The lowest BCUT2D eigenvalue weighted by Gasteiger charge is -2.37. The Kier molecular flexibility index (Phi) is 4.85. The third-order valence-electron chi connectivity index (χ3n) is 5.16. The number of hydrogen-bond acceptors (Lipinski definition) is 3. The number of fused-ring (bicyclic) bond motifs is 1. The first-order valence-electron chi connectivity index (χ1n) is 8.50. The van der Waals surface area contributed by atoms with Crippen molar-refractivity contribution in [2.24, 2.45) is 11.3 Å². The van der Waals surface area contributed by atoms with Gasteiger partial charge in [0.15, 0.2) is 0 Å². The highest BCUT2D eigenvalue weighted by Gasteiger charge is 2.49. The van der Waals surface area contributed by atoms with Crippen LogP contribution < -0.4 is 15.4 Å². The summed E-state index contributed by atoms with van der Waals surface area (Å²) in [5.41, 5.74) is -0.245. The zero-order valence-electron chi connectivity index (χ0n) is 13.6. The Hall–Kier alpha value is -1.62. The van der Waals surface area contributed by atoms with Gasteiger partial charge in [0.1, 0.15) is 18.2 Å². The van der Waals surface area contributed by atoms with Crippen molar-refractivity contribution in [2.75, 3.05) is 19.7 Å². The van der Waals surface area contributed by atoms with Crippen LogP contribution in [0.1, 0.15) is 32.6 Å². The lowest BCUT2D eigenvalue weighted by Crippen LogP contribution is -2.51. The number of hydrogen-bond donors (Lipinski definition) is 2. The second-order valence-electron chi connectivity index (χ2n) is 6.87. The highest BCUT2D eigenvalue weighted by atomic mass is 19.1. The molecule has 0 spiro atoms. The quantitative estimate of drug-likeness (QED) is 0.876. The summed E-state index contributed by atoms with van der Waals surface area (Å²) in [6.07, 6.45) is 4.45. The number of amides is 1. The predicted molar refractivity (Wildman–Crippen MR) is 86.8 cm³/mol. The Morgan fingerprint density at radius 1 is 1.52 bits per heavy atom. The molecule has 23 heavy (non-hydrogen) atoms. The Bertz CT molecular complexity index is 566. The van der Waals surface area contributed by atoms with Crippen LogP contribution in [0.4, 0.5) is 4.39 Å². The van der Waals surface area contributed by atoms with Crippen molar-refractivity contribution < 1.29 is 13.9 Å². The second kappa shape index (κ2) is 6.87. The Morgan fingerprint density at radius 3 is 3.22 bits per heavy atom. The third-order valence-corrected chi connectivity index (χ3v) is 5.16. The van der Waals surface area contributed by atoms with Crippen molar-refractivity contribution in [3.05, 3.63) is 30.1 Å². The standard InChI is InChI=1S/C18H25FN2O2/c1-13(11-23-16-7-4-6-15(19)9-16)21-17(22)18-8-3-2-5-14(18)10-20-12-18/h4,6-7,9,13-14,20H,2-3,5,8,10-12H2,1H3,(H,21,22)/t13?,14-,18+/m0/s1. The van der Waals surface area contributed by atoms with Gasteiger partial charge >= 0.3 is 0 Å². The zero-order chi connectivity index (χ0) is 16.3. The van der Waals surface area contributed by atoms with Gasteiger partial charge in [-0.15, -0.1) is 0 Å². The van der Waals surface area contributed by atoms with E-state index in [1.165, 1.54) is 18.6 Å². The summed E-state index contributed by atoms with van der Waals surface area (Å²) in [5.74, 6) is 0.762. The van der Waals surface area contributed by atoms with Crippen LogP contribution >= 0.6 is 0 Å². The van der Waals surface area contributed by atoms with Crippen LogP contribution in [-0.4, -0.2) is 31.6 Å². The monoisotopic (exact) mass is 320 g/mol. The molecule has 1 aliphatic carbocycles. The van der Waals surface area contributed by atoms with Crippen molar-refractivity contribution in [1.82, 2.24) is 10.6 Å². The van der Waals surface area contributed by atoms with Crippen LogP contribution in [0.3, 0.4) is 0 Å². The van der Waals surface area contributed by atoms with Crippen LogP contribution in [0.2, 0.25) is 0 Å². The van der Waals surface area contributed by atoms with E-state index in [9.17, 15) is 9.18 Å². The number of rotatable bonds is 5. The van der Waals surface area contributed by atoms with Crippen LogP contribution in [0.25, 0.3) is 0 Å². The van der Waals surface area contributed by atoms with E-state index in [1.54, 1.807) is 12.1 Å². The van der Waals surface area contributed by atoms with Gasteiger partial charge < -0.3 is 15.4 Å². The molecule has 126 valence electrons. The SMILES string of the molecule is CC(COc1cccc(F)c1)NC(=O)[C@@]12CCCC[C@H]1CNC2. The first-order valence-corrected chi connectivity index (χ1v) is 8.50. The van der Waals surface area contributed by atoms with E-state index in [0.717, 1.165) is 32.4 Å². The van der Waals surface area contributed by atoms with Gasteiger partial charge in [-0.1, -0.05) is 18.9 Å². The van der Waals surface area contributed by atoms with Crippen molar-refractivity contribution in [1.29, 1.82) is 0 Å². The fourth-order valence-electron chi connectivity index (χ4n) is 3.88. The van der Waals surface area contributed by atoms with Crippen molar-refractivity contribution in [3.63, 3.8) is 0 Å². The molecule has 3 rings (SSSR count). The summed E-state index contributed by atoms with van der Waals surface area (Å²) < 4.78 is 18.7. The largest absolute Gasteiger partial charge is 0.491 e. The van der Waals surface area contributed by atoms with Crippen LogP contribution in [-0.2, 0) is 4.79 Å². The fourth-order valence-corrected chi connectivity index (χ4v) is 3.88. The maximum atomic E-state index is 13.1. The van der Waals surface area contributed by atoms with Gasteiger partial charge in [0.2, 0.25) is 5.91 Å². The first-order chi connectivity index (χ1) is 11.1. The van der Waals surface area contributed by atoms with E-state index in [4.69, 9.17) is 4.74 Å². The molecule has 1 aromatic rings. The highest BCUT2D eigenvalue weighted by Crippen LogP contribution is 2.43. The molecule has 2 N–H and O–H groups in total.